The zero-order valence-corrected chi connectivity index (χ0v) is 12.8. The molecule has 0 fully saturated rings. The van der Waals surface area contributed by atoms with E-state index in [1.54, 1.807) is 18.4 Å². The second kappa shape index (κ2) is 5.90. The second-order valence-corrected chi connectivity index (χ2v) is 5.91. The molecule has 0 spiro atoms. The highest BCUT2D eigenvalue weighted by Crippen LogP contribution is 2.26. The lowest BCUT2D eigenvalue weighted by Gasteiger charge is -2.25. The van der Waals surface area contributed by atoms with Crippen molar-refractivity contribution < 1.29 is 4.74 Å². The van der Waals surface area contributed by atoms with E-state index in [9.17, 15) is 0 Å². The van der Waals surface area contributed by atoms with Crippen LogP contribution in [0.5, 0.6) is 0 Å². The maximum atomic E-state index is 5.97. The second-order valence-electron chi connectivity index (χ2n) is 5.03. The van der Waals surface area contributed by atoms with Gasteiger partial charge >= 0.3 is 0 Å². The average molecular weight is 282 g/mol. The maximum absolute atomic E-state index is 5.97. The van der Waals surface area contributed by atoms with E-state index < -0.39 is 0 Å². The molecular formula is C13H22N4OS. The maximum Gasteiger partial charge on any atom is 0.195 e. The van der Waals surface area contributed by atoms with Crippen LogP contribution < -0.4 is 10.6 Å². The van der Waals surface area contributed by atoms with Gasteiger partial charge in [-0.15, -0.1) is 11.3 Å². The Morgan fingerprint density at radius 1 is 1.53 bits per heavy atom. The third-order valence-electron chi connectivity index (χ3n) is 3.26. The fraction of sp³-hybridized carbons (Fsp3) is 0.615. The fourth-order valence-corrected chi connectivity index (χ4v) is 2.89. The molecule has 2 aromatic rings. The Labute approximate surface area is 118 Å². The van der Waals surface area contributed by atoms with Crippen LogP contribution >= 0.6 is 11.3 Å². The van der Waals surface area contributed by atoms with Gasteiger partial charge in [-0.05, 0) is 13.8 Å². The van der Waals surface area contributed by atoms with E-state index in [0.717, 1.165) is 17.2 Å². The third-order valence-corrected chi connectivity index (χ3v) is 4.01. The topological polar surface area (TPSA) is 55.8 Å². The molecule has 5 nitrogen and oxygen atoms in total. The molecule has 2 heterocycles. The Kier molecular flexibility index (Phi) is 4.44. The minimum Gasteiger partial charge on any atom is -0.383 e. The van der Waals surface area contributed by atoms with Crippen molar-refractivity contribution in [2.24, 2.45) is 5.73 Å². The third kappa shape index (κ3) is 2.91. The number of rotatable bonds is 6. The number of thiazole rings is 1. The number of hydrogen-bond acceptors (Lipinski definition) is 5. The fourth-order valence-electron chi connectivity index (χ4n) is 2.16. The summed E-state index contributed by atoms with van der Waals surface area (Å²) in [6, 6.07) is 0.395. The van der Waals surface area contributed by atoms with Gasteiger partial charge in [-0.25, -0.2) is 4.98 Å². The zero-order chi connectivity index (χ0) is 14.0. The molecule has 2 rings (SSSR count). The molecule has 19 heavy (non-hydrogen) atoms. The smallest absolute Gasteiger partial charge is 0.195 e. The number of methoxy groups -OCH3 is 1. The van der Waals surface area contributed by atoms with Gasteiger partial charge in [-0.1, -0.05) is 0 Å². The number of nitrogens with two attached hydrogens (primary N) is 1. The lowest BCUT2D eigenvalue weighted by atomic mass is 10.2. The quantitative estimate of drug-likeness (QED) is 0.877. The number of likely N-dealkylation sites (N-methyl/N-ethyl adjacent to an activating group) is 1. The highest BCUT2D eigenvalue weighted by atomic mass is 32.1. The van der Waals surface area contributed by atoms with Crippen molar-refractivity contribution in [2.45, 2.75) is 32.4 Å². The number of aromatic nitrogens is 2. The number of ether oxygens (including phenoxy) is 1. The van der Waals surface area contributed by atoms with Crippen LogP contribution in [0.1, 0.15) is 19.5 Å². The van der Waals surface area contributed by atoms with E-state index in [1.165, 1.54) is 5.69 Å². The zero-order valence-electron chi connectivity index (χ0n) is 12.0. The van der Waals surface area contributed by atoms with Crippen LogP contribution in [0.2, 0.25) is 0 Å². The molecule has 2 unspecified atom stereocenters. The van der Waals surface area contributed by atoms with Gasteiger partial charge in [0.2, 0.25) is 0 Å². The summed E-state index contributed by atoms with van der Waals surface area (Å²) < 4.78 is 7.36. The SMILES string of the molecule is COCC(C)N(C)c1nc2sccn2c1CC(C)N. The van der Waals surface area contributed by atoms with Gasteiger partial charge in [-0.3, -0.25) is 4.40 Å². The lowest BCUT2D eigenvalue weighted by molar-refractivity contribution is 0.183. The van der Waals surface area contributed by atoms with Gasteiger partial charge in [0.05, 0.1) is 18.3 Å². The summed E-state index contributed by atoms with van der Waals surface area (Å²) in [5.74, 6) is 1.01. The molecule has 0 bridgehead atoms. The van der Waals surface area contributed by atoms with E-state index in [4.69, 9.17) is 15.5 Å². The van der Waals surface area contributed by atoms with Gasteiger partial charge < -0.3 is 15.4 Å². The molecule has 0 aliphatic carbocycles. The predicted molar refractivity (Wildman–Crippen MR) is 80.2 cm³/mol. The van der Waals surface area contributed by atoms with Crippen LogP contribution in [0, 0.1) is 0 Å². The first-order valence-corrected chi connectivity index (χ1v) is 7.34. The van der Waals surface area contributed by atoms with Crippen molar-refractivity contribution in [3.05, 3.63) is 17.3 Å². The lowest BCUT2D eigenvalue weighted by Crippen LogP contribution is -2.34. The van der Waals surface area contributed by atoms with Crippen LogP contribution in [0.4, 0.5) is 5.82 Å². The number of fused-ring (bicyclic) bond motifs is 1. The Bertz CT molecular complexity index is 534. The van der Waals surface area contributed by atoms with Crippen molar-refractivity contribution in [1.82, 2.24) is 9.38 Å². The van der Waals surface area contributed by atoms with E-state index in [-0.39, 0.29) is 12.1 Å². The summed E-state index contributed by atoms with van der Waals surface area (Å²) in [6.45, 7) is 4.83. The molecule has 0 aliphatic heterocycles. The van der Waals surface area contributed by atoms with E-state index in [0.29, 0.717) is 6.61 Å². The highest BCUT2D eigenvalue weighted by molar-refractivity contribution is 7.15. The van der Waals surface area contributed by atoms with Gasteiger partial charge in [-0.2, -0.15) is 0 Å². The van der Waals surface area contributed by atoms with Crippen molar-refractivity contribution in [3.8, 4) is 0 Å². The monoisotopic (exact) mass is 282 g/mol. The summed E-state index contributed by atoms with van der Waals surface area (Å²) in [4.78, 5) is 7.91. The van der Waals surface area contributed by atoms with E-state index >= 15 is 0 Å². The first kappa shape index (κ1) is 14.3. The molecule has 2 atom stereocenters. The normalized spacial score (nSPS) is 14.8. The van der Waals surface area contributed by atoms with Crippen molar-refractivity contribution in [1.29, 1.82) is 0 Å². The Hall–Kier alpha value is -1.11. The van der Waals surface area contributed by atoms with Crippen LogP contribution in [-0.2, 0) is 11.2 Å². The summed E-state index contributed by atoms with van der Waals surface area (Å²) >= 11 is 1.64. The molecule has 0 saturated carbocycles. The first-order valence-electron chi connectivity index (χ1n) is 6.46. The van der Waals surface area contributed by atoms with Gasteiger partial charge in [0.15, 0.2) is 10.8 Å². The first-order chi connectivity index (χ1) is 9.04. The van der Waals surface area contributed by atoms with E-state index in [1.807, 2.05) is 6.92 Å². The Morgan fingerprint density at radius 2 is 2.26 bits per heavy atom. The summed E-state index contributed by atoms with van der Waals surface area (Å²) in [5.41, 5.74) is 7.14. The van der Waals surface area contributed by atoms with Crippen LogP contribution in [-0.4, -0.2) is 42.2 Å². The standard InChI is InChI=1S/C13H22N4OS/c1-9(14)7-11-12(16(3)10(2)8-18-4)15-13-17(11)5-6-19-13/h5-6,9-10H,7-8,14H2,1-4H3. The van der Waals surface area contributed by atoms with Crippen molar-refractivity contribution >= 4 is 22.1 Å². The minimum atomic E-state index is 0.115. The number of imidazole rings is 1. The molecule has 106 valence electrons. The predicted octanol–water partition coefficient (Wildman–Crippen LogP) is 1.76. The molecule has 0 aromatic carbocycles. The number of anilines is 1. The van der Waals surface area contributed by atoms with Gasteiger partial charge in [0.1, 0.15) is 0 Å². The van der Waals surface area contributed by atoms with Crippen LogP contribution in [0.15, 0.2) is 11.6 Å². The average Bonchev–Trinajstić information content (AvgIpc) is 2.91. The number of hydrogen-bond donors (Lipinski definition) is 1. The molecule has 0 radical (unpaired) electrons. The molecule has 6 heteroatoms. The molecule has 0 saturated heterocycles. The van der Waals surface area contributed by atoms with E-state index in [2.05, 4.69) is 34.8 Å². The van der Waals surface area contributed by atoms with Crippen LogP contribution in [0.3, 0.4) is 0 Å². The summed E-state index contributed by atoms with van der Waals surface area (Å²) in [7, 11) is 3.78. The van der Waals surface area contributed by atoms with Gasteiger partial charge in [0, 0.05) is 38.2 Å². The van der Waals surface area contributed by atoms with Crippen molar-refractivity contribution in [3.63, 3.8) is 0 Å². The highest BCUT2D eigenvalue weighted by Gasteiger charge is 2.20. The largest absolute Gasteiger partial charge is 0.383 e. The molecule has 2 aromatic heterocycles. The van der Waals surface area contributed by atoms with Crippen LogP contribution in [0.25, 0.3) is 4.96 Å². The Balaban J connectivity index is 2.37. The van der Waals surface area contributed by atoms with Crippen molar-refractivity contribution in [2.75, 3.05) is 25.7 Å². The molecule has 2 N–H and O–H groups in total. The summed E-state index contributed by atoms with van der Waals surface area (Å²) in [6.07, 6.45) is 2.88. The molecule has 0 aliphatic rings. The number of nitrogens with zero attached hydrogens (tertiary/aromatic N) is 3. The molecule has 0 amide bonds. The minimum absolute atomic E-state index is 0.115. The molecular weight excluding hydrogens is 260 g/mol. The summed E-state index contributed by atoms with van der Waals surface area (Å²) in [5, 5.41) is 2.05. The van der Waals surface area contributed by atoms with Gasteiger partial charge in [0.25, 0.3) is 0 Å². The Morgan fingerprint density at radius 3 is 2.89 bits per heavy atom.